The van der Waals surface area contributed by atoms with Crippen LogP contribution >= 0.6 is 0 Å². The van der Waals surface area contributed by atoms with E-state index in [2.05, 4.69) is 24.5 Å². The second-order valence-electron chi connectivity index (χ2n) is 10.8. The number of carbonyl (C=O) groups excluding carboxylic acids is 3. The summed E-state index contributed by atoms with van der Waals surface area (Å²) in [4.78, 5) is 42.1. The molecule has 0 saturated heterocycles. The van der Waals surface area contributed by atoms with Crippen LogP contribution in [0.1, 0.15) is 92.2 Å². The molecule has 196 valence electrons. The third-order valence-corrected chi connectivity index (χ3v) is 6.55. The molecular weight excluding hydrogens is 442 g/mol. The van der Waals surface area contributed by atoms with Gasteiger partial charge in [-0.1, -0.05) is 77.3 Å². The third kappa shape index (κ3) is 8.55. The van der Waals surface area contributed by atoms with Gasteiger partial charge in [0.05, 0.1) is 0 Å². The number of alkyl carbamates (subject to hydrolysis) is 1. The van der Waals surface area contributed by atoms with Crippen LogP contribution in [0.2, 0.25) is 0 Å². The van der Waals surface area contributed by atoms with Crippen molar-refractivity contribution in [1.29, 1.82) is 0 Å². The summed E-state index contributed by atoms with van der Waals surface area (Å²) in [6.07, 6.45) is 3.90. The Hall–Kier alpha value is -2.57. The van der Waals surface area contributed by atoms with E-state index >= 15 is 0 Å². The first kappa shape index (κ1) is 28.7. The fraction of sp³-hybridized carbons (Fsp3) is 0.679. The minimum atomic E-state index is -0.790. The monoisotopic (exact) mass is 487 g/mol. The molecule has 0 radical (unpaired) electrons. The minimum absolute atomic E-state index is 0.0545. The highest BCUT2D eigenvalue weighted by atomic mass is 16.6. The van der Waals surface area contributed by atoms with E-state index in [0.29, 0.717) is 13.0 Å². The second-order valence-corrected chi connectivity index (χ2v) is 10.8. The molecule has 5 unspecified atom stereocenters. The lowest BCUT2D eigenvalue weighted by molar-refractivity contribution is -0.144. The van der Waals surface area contributed by atoms with E-state index in [1.54, 1.807) is 25.7 Å². The number of hydrogen-bond donors (Lipinski definition) is 2. The first-order chi connectivity index (χ1) is 16.5. The average Bonchev–Trinajstić information content (AvgIpc) is 3.52. The van der Waals surface area contributed by atoms with E-state index in [9.17, 15) is 14.4 Å². The number of carbonyl (C=O) groups is 3. The number of amides is 3. The molecule has 2 N–H and O–H groups in total. The topological polar surface area (TPSA) is 87.7 Å². The predicted octanol–water partition coefficient (Wildman–Crippen LogP) is 5.21. The summed E-state index contributed by atoms with van der Waals surface area (Å²) in [5.41, 5.74) is 0.0936. The van der Waals surface area contributed by atoms with Gasteiger partial charge in [0.15, 0.2) is 0 Å². The number of ether oxygens (including phenoxy) is 1. The quantitative estimate of drug-likeness (QED) is 0.396. The van der Waals surface area contributed by atoms with Crippen LogP contribution in [-0.4, -0.2) is 47.0 Å². The van der Waals surface area contributed by atoms with Crippen molar-refractivity contribution in [2.75, 3.05) is 6.54 Å². The van der Waals surface area contributed by atoms with E-state index in [0.717, 1.165) is 31.2 Å². The molecular formula is C28H45N3O4. The number of nitrogens with one attached hydrogen (secondary N) is 2. The van der Waals surface area contributed by atoms with Crippen LogP contribution in [0, 0.1) is 11.8 Å². The Morgan fingerprint density at radius 2 is 1.74 bits per heavy atom. The first-order valence-corrected chi connectivity index (χ1v) is 13.1. The molecule has 1 aromatic rings. The van der Waals surface area contributed by atoms with Gasteiger partial charge >= 0.3 is 6.09 Å². The predicted molar refractivity (Wildman–Crippen MR) is 139 cm³/mol. The van der Waals surface area contributed by atoms with E-state index in [1.807, 2.05) is 44.2 Å². The van der Waals surface area contributed by atoms with Crippen LogP contribution in [0.5, 0.6) is 0 Å². The molecule has 3 amide bonds. The number of unbranched alkanes of at least 4 members (excludes halogenated alkanes) is 2. The highest BCUT2D eigenvalue weighted by Gasteiger charge is 2.48. The zero-order valence-corrected chi connectivity index (χ0v) is 22.6. The average molecular weight is 488 g/mol. The maximum Gasteiger partial charge on any atom is 0.408 e. The van der Waals surface area contributed by atoms with Crippen molar-refractivity contribution in [2.24, 2.45) is 11.8 Å². The lowest BCUT2D eigenvalue weighted by Crippen LogP contribution is -2.56. The number of hydrogen-bond acceptors (Lipinski definition) is 4. The SMILES string of the molecule is CCCCCNC(=O)C(c1ccccc1)N(C(=O)C(NC(=O)OC(C)(C)C)C(C)CC)C1CC1C. The van der Waals surface area contributed by atoms with Crippen LogP contribution < -0.4 is 10.6 Å². The Morgan fingerprint density at radius 1 is 1.11 bits per heavy atom. The van der Waals surface area contributed by atoms with Crippen LogP contribution in [0.4, 0.5) is 4.79 Å². The van der Waals surface area contributed by atoms with Gasteiger partial charge in [-0.05, 0) is 51.0 Å². The summed E-state index contributed by atoms with van der Waals surface area (Å²) in [5.74, 6) is -0.259. The summed E-state index contributed by atoms with van der Waals surface area (Å²) < 4.78 is 5.46. The van der Waals surface area contributed by atoms with Crippen LogP contribution in [0.25, 0.3) is 0 Å². The van der Waals surface area contributed by atoms with Gasteiger partial charge in [0.1, 0.15) is 17.7 Å². The van der Waals surface area contributed by atoms with Crippen LogP contribution in [0.15, 0.2) is 30.3 Å². The molecule has 1 saturated carbocycles. The van der Waals surface area contributed by atoms with Gasteiger partial charge in [-0.3, -0.25) is 9.59 Å². The molecule has 0 heterocycles. The second kappa shape index (κ2) is 12.9. The zero-order chi connectivity index (χ0) is 26.2. The Bertz CT molecular complexity index is 836. The summed E-state index contributed by atoms with van der Waals surface area (Å²) in [5, 5.41) is 5.88. The van der Waals surface area contributed by atoms with Crippen molar-refractivity contribution in [2.45, 2.75) is 104 Å². The van der Waals surface area contributed by atoms with Crippen molar-refractivity contribution in [1.82, 2.24) is 15.5 Å². The summed E-state index contributed by atoms with van der Waals surface area (Å²) in [6.45, 7) is 14.1. The van der Waals surface area contributed by atoms with Crippen molar-refractivity contribution < 1.29 is 19.1 Å². The highest BCUT2D eigenvalue weighted by molar-refractivity contribution is 5.92. The fourth-order valence-corrected chi connectivity index (χ4v) is 4.21. The molecule has 7 nitrogen and oxygen atoms in total. The van der Waals surface area contributed by atoms with Gasteiger partial charge in [0.2, 0.25) is 11.8 Å². The Balaban J connectivity index is 2.40. The maximum atomic E-state index is 14.1. The van der Waals surface area contributed by atoms with Crippen LogP contribution in [0.3, 0.4) is 0 Å². The zero-order valence-electron chi connectivity index (χ0n) is 22.6. The lowest BCUT2D eigenvalue weighted by atomic mass is 9.95. The standard InChI is InChI=1S/C28H45N3O4/c1-8-10-14-17-29-25(32)24(21-15-12-11-13-16-21)31(22-18-20(22)4)26(33)23(19(3)9-2)30-27(34)35-28(5,6)7/h11-13,15-16,19-20,22-24H,8-10,14,17-18H2,1-7H3,(H,29,32)(H,30,34). The van der Waals surface area contributed by atoms with Crippen LogP contribution in [-0.2, 0) is 14.3 Å². The molecule has 1 aliphatic rings. The molecule has 1 fully saturated rings. The van der Waals surface area contributed by atoms with E-state index in [-0.39, 0.29) is 29.7 Å². The van der Waals surface area contributed by atoms with Crippen molar-refractivity contribution in [3.8, 4) is 0 Å². The molecule has 0 aromatic heterocycles. The maximum absolute atomic E-state index is 14.1. The fourth-order valence-electron chi connectivity index (χ4n) is 4.21. The van der Waals surface area contributed by atoms with Gasteiger partial charge in [-0.2, -0.15) is 0 Å². The minimum Gasteiger partial charge on any atom is -0.444 e. The van der Waals surface area contributed by atoms with Crippen molar-refractivity contribution >= 4 is 17.9 Å². The van der Waals surface area contributed by atoms with Crippen molar-refractivity contribution in [3.63, 3.8) is 0 Å². The molecule has 35 heavy (non-hydrogen) atoms. The largest absolute Gasteiger partial charge is 0.444 e. The summed E-state index contributed by atoms with van der Waals surface area (Å²) in [7, 11) is 0. The van der Waals surface area contributed by atoms with Crippen molar-refractivity contribution in [3.05, 3.63) is 35.9 Å². The smallest absolute Gasteiger partial charge is 0.408 e. The summed E-state index contributed by atoms with van der Waals surface area (Å²) in [6, 6.07) is 7.85. The molecule has 7 heteroatoms. The van der Waals surface area contributed by atoms with Gasteiger partial charge in [0.25, 0.3) is 0 Å². The van der Waals surface area contributed by atoms with Gasteiger partial charge < -0.3 is 20.3 Å². The number of nitrogens with zero attached hydrogens (tertiary/aromatic N) is 1. The number of benzene rings is 1. The molecule has 5 atom stereocenters. The Kier molecular flexibility index (Phi) is 10.6. The molecule has 0 spiro atoms. The van der Waals surface area contributed by atoms with E-state index in [1.165, 1.54) is 0 Å². The molecule has 0 aliphatic heterocycles. The molecule has 1 aromatic carbocycles. The lowest BCUT2D eigenvalue weighted by Gasteiger charge is -2.36. The van der Waals surface area contributed by atoms with E-state index in [4.69, 9.17) is 4.74 Å². The number of rotatable bonds is 12. The normalized spacial score (nSPS) is 19.7. The summed E-state index contributed by atoms with van der Waals surface area (Å²) >= 11 is 0. The molecule has 1 aliphatic carbocycles. The van der Waals surface area contributed by atoms with E-state index < -0.39 is 23.8 Å². The highest BCUT2D eigenvalue weighted by Crippen LogP contribution is 2.41. The molecule has 2 rings (SSSR count). The third-order valence-electron chi connectivity index (χ3n) is 6.55. The Labute approximate surface area is 211 Å². The van der Waals surface area contributed by atoms with Gasteiger partial charge in [-0.15, -0.1) is 0 Å². The van der Waals surface area contributed by atoms with Gasteiger partial charge in [0, 0.05) is 12.6 Å². The van der Waals surface area contributed by atoms with Gasteiger partial charge in [-0.25, -0.2) is 4.79 Å². The Morgan fingerprint density at radius 3 is 2.26 bits per heavy atom. The molecule has 0 bridgehead atoms. The first-order valence-electron chi connectivity index (χ1n) is 13.1.